The number of halogens is 2. The number of nitrogens with zero attached hydrogens (tertiary/aromatic N) is 1. The number of ketones is 1. The van der Waals surface area contributed by atoms with E-state index in [4.69, 9.17) is 11.6 Å². The van der Waals surface area contributed by atoms with Gasteiger partial charge < -0.3 is 9.88 Å². The Balaban J connectivity index is 1.87. The van der Waals surface area contributed by atoms with Crippen LogP contribution in [0.1, 0.15) is 17.3 Å². The van der Waals surface area contributed by atoms with Crippen molar-refractivity contribution in [1.29, 1.82) is 0 Å². The van der Waals surface area contributed by atoms with Crippen molar-refractivity contribution in [3.63, 3.8) is 0 Å². The lowest BCUT2D eigenvalue weighted by atomic mass is 10.1. The molecular weight excluding hydrogens is 392 g/mol. The first kappa shape index (κ1) is 16.7. The molecule has 0 radical (unpaired) electrons. The van der Waals surface area contributed by atoms with Crippen LogP contribution in [0.15, 0.2) is 53.1 Å². The quantitative estimate of drug-likeness (QED) is 0.628. The SMILES string of the molecule is CC(=O)c1cn(CC(=O)Nc2ccc(Br)cc2Cl)c2ccccc12. The Morgan fingerprint density at radius 1 is 1.21 bits per heavy atom. The van der Waals surface area contributed by atoms with Gasteiger partial charge in [-0.05, 0) is 31.2 Å². The number of carbonyl (C=O) groups excluding carboxylic acids is 2. The Kier molecular flexibility index (Phi) is 4.73. The molecule has 1 N–H and O–H groups in total. The van der Waals surface area contributed by atoms with Gasteiger partial charge in [0.05, 0.1) is 10.7 Å². The van der Waals surface area contributed by atoms with Gasteiger partial charge in [-0.2, -0.15) is 0 Å². The summed E-state index contributed by atoms with van der Waals surface area (Å²) in [5, 5.41) is 4.10. The molecule has 122 valence electrons. The second-order valence-electron chi connectivity index (χ2n) is 5.42. The lowest BCUT2D eigenvalue weighted by molar-refractivity contribution is -0.116. The lowest BCUT2D eigenvalue weighted by Gasteiger charge is -2.09. The first-order valence-corrected chi connectivity index (χ1v) is 8.46. The van der Waals surface area contributed by atoms with Gasteiger partial charge in [0.15, 0.2) is 5.78 Å². The number of anilines is 1. The average Bonchev–Trinajstić information content (AvgIpc) is 2.89. The van der Waals surface area contributed by atoms with Crippen LogP contribution < -0.4 is 5.32 Å². The highest BCUT2D eigenvalue weighted by Gasteiger charge is 2.14. The van der Waals surface area contributed by atoms with Gasteiger partial charge in [-0.1, -0.05) is 45.7 Å². The second-order valence-corrected chi connectivity index (χ2v) is 6.74. The Morgan fingerprint density at radius 2 is 1.96 bits per heavy atom. The Bertz CT molecular complexity index is 949. The number of rotatable bonds is 4. The molecule has 1 amide bonds. The van der Waals surface area contributed by atoms with Crippen LogP contribution >= 0.6 is 27.5 Å². The number of aromatic nitrogens is 1. The number of hydrogen-bond donors (Lipinski definition) is 1. The summed E-state index contributed by atoms with van der Waals surface area (Å²) in [5.41, 5.74) is 2.01. The van der Waals surface area contributed by atoms with Crippen LogP contribution in [0.25, 0.3) is 10.9 Å². The zero-order chi connectivity index (χ0) is 17.3. The monoisotopic (exact) mass is 404 g/mol. The molecule has 0 fully saturated rings. The minimum absolute atomic E-state index is 0.0266. The Labute approximate surface area is 152 Å². The predicted molar refractivity (Wildman–Crippen MR) is 99.7 cm³/mol. The molecule has 4 nitrogen and oxygen atoms in total. The van der Waals surface area contributed by atoms with E-state index < -0.39 is 0 Å². The van der Waals surface area contributed by atoms with Crippen LogP contribution in [0.4, 0.5) is 5.69 Å². The van der Waals surface area contributed by atoms with Gasteiger partial charge in [-0.15, -0.1) is 0 Å². The normalized spacial score (nSPS) is 10.8. The molecule has 2 aromatic carbocycles. The largest absolute Gasteiger partial charge is 0.337 e. The molecule has 0 aliphatic carbocycles. The van der Waals surface area contributed by atoms with Gasteiger partial charge in [0.1, 0.15) is 6.54 Å². The van der Waals surface area contributed by atoms with E-state index in [2.05, 4.69) is 21.2 Å². The molecule has 24 heavy (non-hydrogen) atoms. The zero-order valence-corrected chi connectivity index (χ0v) is 15.2. The summed E-state index contributed by atoms with van der Waals surface area (Å²) in [6.07, 6.45) is 1.72. The standard InChI is InChI=1S/C18H14BrClN2O2/c1-11(23)14-9-22(17-5-3-2-4-13(14)17)10-18(24)21-16-7-6-12(19)8-15(16)20/h2-9H,10H2,1H3,(H,21,24). The summed E-state index contributed by atoms with van der Waals surface area (Å²) >= 11 is 9.45. The van der Waals surface area contributed by atoms with Crippen molar-refractivity contribution < 1.29 is 9.59 Å². The van der Waals surface area contributed by atoms with E-state index in [1.54, 1.807) is 29.0 Å². The third kappa shape index (κ3) is 3.37. The number of carbonyl (C=O) groups is 2. The van der Waals surface area contributed by atoms with E-state index >= 15 is 0 Å². The van der Waals surface area contributed by atoms with Crippen LogP contribution in [-0.2, 0) is 11.3 Å². The highest BCUT2D eigenvalue weighted by Crippen LogP contribution is 2.26. The van der Waals surface area contributed by atoms with Crippen LogP contribution in [0.3, 0.4) is 0 Å². The molecule has 3 aromatic rings. The molecule has 0 spiro atoms. The average molecular weight is 406 g/mol. The number of hydrogen-bond acceptors (Lipinski definition) is 2. The summed E-state index contributed by atoms with van der Waals surface area (Å²) in [7, 11) is 0. The summed E-state index contributed by atoms with van der Waals surface area (Å²) in [6, 6.07) is 12.8. The molecule has 0 saturated heterocycles. The summed E-state index contributed by atoms with van der Waals surface area (Å²) in [6.45, 7) is 1.62. The van der Waals surface area contributed by atoms with Crippen molar-refractivity contribution in [2.24, 2.45) is 0 Å². The van der Waals surface area contributed by atoms with E-state index in [1.807, 2.05) is 24.3 Å². The Morgan fingerprint density at radius 3 is 2.67 bits per heavy atom. The molecule has 0 saturated carbocycles. The topological polar surface area (TPSA) is 51.1 Å². The van der Waals surface area contributed by atoms with Crippen molar-refractivity contribution in [3.8, 4) is 0 Å². The van der Waals surface area contributed by atoms with Crippen molar-refractivity contribution >= 4 is 55.8 Å². The van der Waals surface area contributed by atoms with Crippen LogP contribution in [0, 0.1) is 0 Å². The molecule has 1 heterocycles. The molecule has 0 aliphatic heterocycles. The molecule has 0 unspecified atom stereocenters. The highest BCUT2D eigenvalue weighted by atomic mass is 79.9. The van der Waals surface area contributed by atoms with Crippen molar-refractivity contribution in [1.82, 2.24) is 4.57 Å². The summed E-state index contributed by atoms with van der Waals surface area (Å²) in [4.78, 5) is 24.1. The third-order valence-electron chi connectivity index (χ3n) is 3.69. The first-order valence-electron chi connectivity index (χ1n) is 7.29. The maximum absolute atomic E-state index is 12.4. The van der Waals surface area contributed by atoms with E-state index in [0.717, 1.165) is 15.4 Å². The number of para-hydroxylation sites is 1. The van der Waals surface area contributed by atoms with Gasteiger partial charge in [0, 0.05) is 27.1 Å². The van der Waals surface area contributed by atoms with Gasteiger partial charge in [-0.25, -0.2) is 0 Å². The summed E-state index contributed by atoms with van der Waals surface area (Å²) in [5.74, 6) is -0.239. The maximum atomic E-state index is 12.4. The second kappa shape index (κ2) is 6.79. The van der Waals surface area contributed by atoms with E-state index in [9.17, 15) is 9.59 Å². The fourth-order valence-electron chi connectivity index (χ4n) is 2.59. The molecule has 6 heteroatoms. The molecule has 0 aliphatic rings. The minimum atomic E-state index is -0.213. The van der Waals surface area contributed by atoms with Crippen molar-refractivity contribution in [3.05, 3.63) is 63.7 Å². The van der Waals surface area contributed by atoms with Crippen LogP contribution in [0.5, 0.6) is 0 Å². The predicted octanol–water partition coefficient (Wildman–Crippen LogP) is 4.90. The van der Waals surface area contributed by atoms with Gasteiger partial charge in [0.25, 0.3) is 0 Å². The van der Waals surface area contributed by atoms with Crippen LogP contribution in [0.2, 0.25) is 5.02 Å². The zero-order valence-electron chi connectivity index (χ0n) is 12.8. The Hall–Kier alpha value is -2.11. The smallest absolute Gasteiger partial charge is 0.244 e. The third-order valence-corrected chi connectivity index (χ3v) is 4.49. The van der Waals surface area contributed by atoms with Gasteiger partial charge >= 0.3 is 0 Å². The molecule has 0 atom stereocenters. The number of benzene rings is 2. The first-order chi connectivity index (χ1) is 11.5. The number of fused-ring (bicyclic) bond motifs is 1. The minimum Gasteiger partial charge on any atom is -0.337 e. The maximum Gasteiger partial charge on any atom is 0.244 e. The fraction of sp³-hybridized carbons (Fsp3) is 0.111. The highest BCUT2D eigenvalue weighted by molar-refractivity contribution is 9.10. The number of amides is 1. The van der Waals surface area contributed by atoms with Crippen molar-refractivity contribution in [2.75, 3.05) is 5.32 Å². The molecule has 0 bridgehead atoms. The fourth-order valence-corrected chi connectivity index (χ4v) is 3.31. The molecule has 1 aromatic heterocycles. The number of Topliss-reactive ketones (excluding diaryl/α,β-unsaturated/α-hetero) is 1. The lowest BCUT2D eigenvalue weighted by Crippen LogP contribution is -2.18. The van der Waals surface area contributed by atoms with E-state index in [-0.39, 0.29) is 18.2 Å². The van der Waals surface area contributed by atoms with Crippen LogP contribution in [-0.4, -0.2) is 16.3 Å². The van der Waals surface area contributed by atoms with Crippen molar-refractivity contribution in [2.45, 2.75) is 13.5 Å². The number of nitrogens with one attached hydrogen (secondary N) is 1. The van der Waals surface area contributed by atoms with E-state index in [1.165, 1.54) is 6.92 Å². The molecular formula is C18H14BrClN2O2. The van der Waals surface area contributed by atoms with Gasteiger partial charge in [0.2, 0.25) is 5.91 Å². The molecule has 3 rings (SSSR count). The van der Waals surface area contributed by atoms with Gasteiger partial charge in [-0.3, -0.25) is 9.59 Å². The van der Waals surface area contributed by atoms with E-state index in [0.29, 0.717) is 16.3 Å². The summed E-state index contributed by atoms with van der Waals surface area (Å²) < 4.78 is 2.61.